The van der Waals surface area contributed by atoms with E-state index in [1.807, 2.05) is 43.3 Å². The molecule has 0 aliphatic heterocycles. The molecule has 0 heterocycles. The van der Waals surface area contributed by atoms with E-state index < -0.39 is 0 Å². The summed E-state index contributed by atoms with van der Waals surface area (Å²) in [6.45, 7) is 1.97. The number of benzene rings is 2. The Hall–Kier alpha value is -1.32. The van der Waals surface area contributed by atoms with Gasteiger partial charge in [-0.05, 0) is 52.5 Å². The van der Waals surface area contributed by atoms with Crippen molar-refractivity contribution in [1.29, 1.82) is 0 Å². The van der Waals surface area contributed by atoms with Crippen molar-refractivity contribution in [2.75, 3.05) is 0 Å². The summed E-state index contributed by atoms with van der Waals surface area (Å²) in [6, 6.07) is 13.7. The van der Waals surface area contributed by atoms with Crippen LogP contribution in [0, 0.1) is 6.92 Å². The Morgan fingerprint density at radius 3 is 2.86 bits per heavy atom. The van der Waals surface area contributed by atoms with Crippen molar-refractivity contribution in [2.24, 2.45) is 0 Å². The molecule has 3 rings (SSSR count). The van der Waals surface area contributed by atoms with Crippen LogP contribution in [0.1, 0.15) is 33.1 Å². The second kappa shape index (κ2) is 5.82. The third-order valence-corrected chi connectivity index (χ3v) is 4.92. The molecule has 21 heavy (non-hydrogen) atoms. The zero-order chi connectivity index (χ0) is 15.0. The average molecular weight is 365 g/mol. The van der Waals surface area contributed by atoms with Crippen LogP contribution >= 0.6 is 27.5 Å². The molecule has 0 saturated carbocycles. The van der Waals surface area contributed by atoms with E-state index in [1.165, 1.54) is 5.56 Å². The van der Waals surface area contributed by atoms with Gasteiger partial charge in [0.15, 0.2) is 0 Å². The molecule has 0 aromatic heterocycles. The molecule has 2 nitrogen and oxygen atoms in total. The van der Waals surface area contributed by atoms with Crippen LogP contribution < -0.4 is 5.32 Å². The maximum absolute atomic E-state index is 12.5. The van der Waals surface area contributed by atoms with Gasteiger partial charge in [-0.15, -0.1) is 11.6 Å². The van der Waals surface area contributed by atoms with E-state index in [0.717, 1.165) is 22.0 Å². The standard InChI is InChI=1S/C17H15BrClNO/c1-10-6-7-14(18)13(8-10)17(21)20-16-12-5-3-2-4-11(12)9-15(16)19/h2-8,15-16H,9H2,1H3,(H,20,21). The van der Waals surface area contributed by atoms with Crippen LogP contribution in [0.2, 0.25) is 0 Å². The fourth-order valence-corrected chi connectivity index (χ4v) is 3.54. The number of alkyl halides is 1. The molecule has 0 bridgehead atoms. The van der Waals surface area contributed by atoms with E-state index >= 15 is 0 Å². The summed E-state index contributed by atoms with van der Waals surface area (Å²) < 4.78 is 0.794. The molecule has 2 unspecified atom stereocenters. The lowest BCUT2D eigenvalue weighted by Crippen LogP contribution is -2.32. The van der Waals surface area contributed by atoms with E-state index in [1.54, 1.807) is 0 Å². The quantitative estimate of drug-likeness (QED) is 0.787. The summed E-state index contributed by atoms with van der Waals surface area (Å²) in [5.74, 6) is -0.0991. The van der Waals surface area contributed by atoms with Gasteiger partial charge < -0.3 is 5.32 Å². The van der Waals surface area contributed by atoms with Crippen LogP contribution in [0.25, 0.3) is 0 Å². The number of hydrogen-bond acceptors (Lipinski definition) is 1. The number of carbonyl (C=O) groups is 1. The van der Waals surface area contributed by atoms with Crippen LogP contribution in [0.3, 0.4) is 0 Å². The summed E-state index contributed by atoms with van der Waals surface area (Å²) in [5, 5.41) is 2.97. The molecule has 0 spiro atoms. The second-order valence-electron chi connectivity index (χ2n) is 5.35. The van der Waals surface area contributed by atoms with Gasteiger partial charge >= 0.3 is 0 Å². The molecule has 2 atom stereocenters. The molecule has 0 saturated heterocycles. The highest BCUT2D eigenvalue weighted by atomic mass is 79.9. The van der Waals surface area contributed by atoms with Gasteiger partial charge in [0.25, 0.3) is 5.91 Å². The van der Waals surface area contributed by atoms with Crippen LogP contribution in [0.4, 0.5) is 0 Å². The Bertz CT molecular complexity index is 701. The number of amides is 1. The van der Waals surface area contributed by atoms with Crippen molar-refractivity contribution >= 4 is 33.4 Å². The van der Waals surface area contributed by atoms with E-state index in [0.29, 0.717) is 5.56 Å². The molecule has 4 heteroatoms. The summed E-state index contributed by atoms with van der Waals surface area (Å²) in [5.41, 5.74) is 4.03. The van der Waals surface area contributed by atoms with Crippen LogP contribution in [-0.2, 0) is 6.42 Å². The summed E-state index contributed by atoms with van der Waals surface area (Å²) in [6.07, 6.45) is 0.789. The Balaban J connectivity index is 1.87. The topological polar surface area (TPSA) is 29.1 Å². The van der Waals surface area contributed by atoms with E-state index in [2.05, 4.69) is 27.3 Å². The first-order valence-electron chi connectivity index (χ1n) is 6.85. The minimum absolute atomic E-state index is 0.0991. The fourth-order valence-electron chi connectivity index (χ4n) is 2.75. The minimum atomic E-state index is -0.136. The molecule has 2 aromatic rings. The molecule has 1 amide bonds. The van der Waals surface area contributed by atoms with Gasteiger partial charge in [-0.3, -0.25) is 4.79 Å². The first-order chi connectivity index (χ1) is 10.1. The zero-order valence-electron chi connectivity index (χ0n) is 11.6. The SMILES string of the molecule is Cc1ccc(Br)c(C(=O)NC2c3ccccc3CC2Cl)c1. The average Bonchev–Trinajstić information content (AvgIpc) is 2.78. The predicted octanol–water partition coefficient (Wildman–Crippen LogP) is 4.39. The first kappa shape index (κ1) is 14.6. The number of hydrogen-bond donors (Lipinski definition) is 1. The number of carbonyl (C=O) groups excluding carboxylic acids is 1. The van der Waals surface area contributed by atoms with Gasteiger partial charge in [0.05, 0.1) is 17.0 Å². The fraction of sp³-hybridized carbons (Fsp3) is 0.235. The highest BCUT2D eigenvalue weighted by Gasteiger charge is 2.32. The number of rotatable bonds is 2. The Labute approximate surface area is 137 Å². The predicted molar refractivity (Wildman–Crippen MR) is 88.9 cm³/mol. The van der Waals surface area contributed by atoms with E-state index in [-0.39, 0.29) is 17.3 Å². The molecule has 2 aromatic carbocycles. The number of aryl methyl sites for hydroxylation is 1. The van der Waals surface area contributed by atoms with Crippen molar-refractivity contribution in [3.05, 3.63) is 69.2 Å². The summed E-state index contributed by atoms with van der Waals surface area (Å²) in [7, 11) is 0. The molecule has 0 fully saturated rings. The Morgan fingerprint density at radius 1 is 1.29 bits per heavy atom. The largest absolute Gasteiger partial charge is 0.344 e. The highest BCUT2D eigenvalue weighted by Crippen LogP contribution is 2.35. The van der Waals surface area contributed by atoms with Gasteiger partial charge in [0, 0.05) is 4.47 Å². The van der Waals surface area contributed by atoms with Crippen molar-refractivity contribution in [3.8, 4) is 0 Å². The third kappa shape index (κ3) is 2.85. The van der Waals surface area contributed by atoms with Crippen molar-refractivity contribution in [3.63, 3.8) is 0 Å². The zero-order valence-corrected chi connectivity index (χ0v) is 13.9. The molecule has 1 aliphatic carbocycles. The number of halogens is 2. The van der Waals surface area contributed by atoms with Crippen LogP contribution in [0.5, 0.6) is 0 Å². The Kier molecular flexibility index (Phi) is 4.05. The number of fused-ring (bicyclic) bond motifs is 1. The van der Waals surface area contributed by atoms with Crippen LogP contribution in [-0.4, -0.2) is 11.3 Å². The lowest BCUT2D eigenvalue weighted by molar-refractivity contribution is 0.0936. The first-order valence-corrected chi connectivity index (χ1v) is 8.08. The second-order valence-corrected chi connectivity index (χ2v) is 6.77. The van der Waals surface area contributed by atoms with E-state index in [9.17, 15) is 4.79 Å². The van der Waals surface area contributed by atoms with Crippen molar-refractivity contribution < 1.29 is 4.79 Å². The molecule has 1 N–H and O–H groups in total. The third-order valence-electron chi connectivity index (χ3n) is 3.82. The lowest BCUT2D eigenvalue weighted by Gasteiger charge is -2.18. The lowest BCUT2D eigenvalue weighted by atomic mass is 10.1. The smallest absolute Gasteiger partial charge is 0.252 e. The molecule has 0 radical (unpaired) electrons. The normalized spacial score (nSPS) is 20.1. The molecule has 108 valence electrons. The summed E-state index contributed by atoms with van der Waals surface area (Å²) in [4.78, 5) is 12.5. The Morgan fingerprint density at radius 2 is 2.05 bits per heavy atom. The van der Waals surface area contributed by atoms with E-state index in [4.69, 9.17) is 11.6 Å². The van der Waals surface area contributed by atoms with Gasteiger partial charge in [-0.25, -0.2) is 0 Å². The van der Waals surface area contributed by atoms with Gasteiger partial charge in [-0.1, -0.05) is 35.9 Å². The van der Waals surface area contributed by atoms with Crippen molar-refractivity contribution in [2.45, 2.75) is 24.8 Å². The molecular formula is C17H15BrClNO. The minimum Gasteiger partial charge on any atom is -0.344 e. The highest BCUT2D eigenvalue weighted by molar-refractivity contribution is 9.10. The molecule has 1 aliphatic rings. The van der Waals surface area contributed by atoms with Crippen LogP contribution in [0.15, 0.2) is 46.9 Å². The maximum Gasteiger partial charge on any atom is 0.252 e. The monoisotopic (exact) mass is 363 g/mol. The molecular weight excluding hydrogens is 350 g/mol. The summed E-state index contributed by atoms with van der Waals surface area (Å²) >= 11 is 9.85. The van der Waals surface area contributed by atoms with Crippen molar-refractivity contribution in [1.82, 2.24) is 5.32 Å². The van der Waals surface area contributed by atoms with Gasteiger partial charge in [-0.2, -0.15) is 0 Å². The number of nitrogens with one attached hydrogen (secondary N) is 1. The van der Waals surface area contributed by atoms with Gasteiger partial charge in [0.1, 0.15) is 0 Å². The maximum atomic E-state index is 12.5. The van der Waals surface area contributed by atoms with Gasteiger partial charge in [0.2, 0.25) is 0 Å².